The molecule has 4 atom stereocenters. The Morgan fingerprint density at radius 1 is 1.39 bits per heavy atom. The minimum Gasteiger partial charge on any atom is -0.442 e. The molecule has 3 aliphatic heterocycles. The van der Waals surface area contributed by atoms with Gasteiger partial charge in [-0.2, -0.15) is 0 Å². The maximum absolute atomic E-state index is 14.8. The van der Waals surface area contributed by atoms with Crippen molar-refractivity contribution in [2.45, 2.75) is 50.1 Å². The second kappa shape index (κ2) is 7.69. The summed E-state index contributed by atoms with van der Waals surface area (Å²) in [4.78, 5) is 27.1. The molecule has 4 rings (SSSR count). The van der Waals surface area contributed by atoms with Gasteiger partial charge in [0.05, 0.1) is 24.5 Å². The SMILES string of the molecule is CCCC(=O)NC[C@H]1CN(c2ccc(N3C4CCC3S(=O)C4)c(F)c2)C(=O)O1. The number of carbonyl (C=O) groups excluding carboxylic acids is 2. The molecule has 3 aliphatic rings. The molecular weight excluding hydrogens is 385 g/mol. The van der Waals surface area contributed by atoms with Crippen LogP contribution in [-0.4, -0.2) is 52.6 Å². The molecule has 1 aromatic carbocycles. The van der Waals surface area contributed by atoms with Gasteiger partial charge in [0, 0.05) is 29.0 Å². The van der Waals surface area contributed by atoms with Crippen molar-refractivity contribution in [1.82, 2.24) is 5.32 Å². The van der Waals surface area contributed by atoms with Crippen molar-refractivity contribution >= 4 is 34.2 Å². The number of hydrogen-bond acceptors (Lipinski definition) is 5. The van der Waals surface area contributed by atoms with Crippen molar-refractivity contribution in [1.29, 1.82) is 0 Å². The quantitative estimate of drug-likeness (QED) is 0.779. The van der Waals surface area contributed by atoms with E-state index in [4.69, 9.17) is 4.74 Å². The molecule has 3 fully saturated rings. The number of carbonyl (C=O) groups is 2. The summed E-state index contributed by atoms with van der Waals surface area (Å²) < 4.78 is 32.2. The van der Waals surface area contributed by atoms with E-state index in [1.54, 1.807) is 12.1 Å². The predicted octanol–water partition coefficient (Wildman–Crippen LogP) is 2.12. The number of hydrogen-bond donors (Lipinski definition) is 1. The summed E-state index contributed by atoms with van der Waals surface area (Å²) in [5.41, 5.74) is 0.861. The highest BCUT2D eigenvalue weighted by Crippen LogP contribution is 2.40. The Labute approximate surface area is 165 Å². The molecular formula is C19H24FN3O4S. The van der Waals surface area contributed by atoms with Gasteiger partial charge in [-0.1, -0.05) is 6.92 Å². The summed E-state index contributed by atoms with van der Waals surface area (Å²) in [6.45, 7) is 2.41. The lowest BCUT2D eigenvalue weighted by Crippen LogP contribution is -2.34. The van der Waals surface area contributed by atoms with E-state index < -0.39 is 28.8 Å². The van der Waals surface area contributed by atoms with E-state index in [1.807, 2.05) is 11.8 Å². The van der Waals surface area contributed by atoms with Crippen LogP contribution in [0, 0.1) is 5.82 Å². The predicted molar refractivity (Wildman–Crippen MR) is 104 cm³/mol. The molecule has 0 aromatic heterocycles. The standard InChI is InChI=1S/C19H24FN3O4S/c1-2-3-17(24)21-9-14-10-22(19(25)27-14)12-4-6-16(15(20)8-12)23-13-5-7-18(23)28(26)11-13/h4,6,8,13-14,18H,2-3,5,7,9-11H2,1H3,(H,21,24)/t13?,14-,18?,28?/m0/s1. The van der Waals surface area contributed by atoms with Gasteiger partial charge in [-0.3, -0.25) is 13.9 Å². The lowest BCUT2D eigenvalue weighted by molar-refractivity contribution is -0.121. The minimum absolute atomic E-state index is 0.0787. The van der Waals surface area contributed by atoms with Crippen molar-refractivity contribution < 1.29 is 22.9 Å². The van der Waals surface area contributed by atoms with Crippen LogP contribution in [0.1, 0.15) is 32.6 Å². The van der Waals surface area contributed by atoms with Gasteiger partial charge in [-0.25, -0.2) is 9.18 Å². The van der Waals surface area contributed by atoms with Crippen LogP contribution < -0.4 is 15.1 Å². The smallest absolute Gasteiger partial charge is 0.414 e. The Bertz CT molecular complexity index is 820. The third-order valence-electron chi connectivity index (χ3n) is 5.51. The fourth-order valence-corrected chi connectivity index (χ4v) is 6.04. The molecule has 3 unspecified atom stereocenters. The molecule has 0 saturated carbocycles. The molecule has 7 nitrogen and oxygen atoms in total. The Hall–Kier alpha value is -2.16. The van der Waals surface area contributed by atoms with Gasteiger partial charge in [-0.05, 0) is 37.5 Å². The highest BCUT2D eigenvalue weighted by molar-refractivity contribution is 7.86. The van der Waals surface area contributed by atoms with Gasteiger partial charge >= 0.3 is 6.09 Å². The summed E-state index contributed by atoms with van der Waals surface area (Å²) in [6, 6.07) is 4.80. The first-order valence-electron chi connectivity index (χ1n) is 9.68. The zero-order valence-corrected chi connectivity index (χ0v) is 16.5. The highest BCUT2D eigenvalue weighted by atomic mass is 32.2. The monoisotopic (exact) mass is 409 g/mol. The van der Waals surface area contributed by atoms with E-state index in [0.29, 0.717) is 23.5 Å². The topological polar surface area (TPSA) is 79.0 Å². The molecule has 28 heavy (non-hydrogen) atoms. The van der Waals surface area contributed by atoms with Crippen molar-refractivity contribution in [3.05, 3.63) is 24.0 Å². The van der Waals surface area contributed by atoms with Gasteiger partial charge in [0.1, 0.15) is 17.3 Å². The van der Waals surface area contributed by atoms with E-state index in [0.717, 1.165) is 19.3 Å². The minimum atomic E-state index is -0.935. The third kappa shape index (κ3) is 3.47. The van der Waals surface area contributed by atoms with Gasteiger partial charge in [0.15, 0.2) is 0 Å². The maximum atomic E-state index is 14.8. The molecule has 1 N–H and O–H groups in total. The number of ether oxygens (including phenoxy) is 1. The first-order valence-corrected chi connectivity index (χ1v) is 11.1. The van der Waals surface area contributed by atoms with Crippen LogP contribution in [0.15, 0.2) is 18.2 Å². The fourth-order valence-electron chi connectivity index (χ4n) is 4.18. The van der Waals surface area contributed by atoms with Gasteiger partial charge in [0.2, 0.25) is 5.91 Å². The van der Waals surface area contributed by atoms with Crippen LogP contribution in [0.3, 0.4) is 0 Å². The van der Waals surface area contributed by atoms with Crippen molar-refractivity contribution in [3.8, 4) is 0 Å². The zero-order valence-electron chi connectivity index (χ0n) is 15.7. The first kappa shape index (κ1) is 19.2. The van der Waals surface area contributed by atoms with Crippen molar-refractivity contribution in [3.63, 3.8) is 0 Å². The summed E-state index contributed by atoms with van der Waals surface area (Å²) in [6.07, 6.45) is 1.92. The summed E-state index contributed by atoms with van der Waals surface area (Å²) >= 11 is 0. The van der Waals surface area contributed by atoms with Crippen molar-refractivity contribution in [2.75, 3.05) is 28.6 Å². The summed E-state index contributed by atoms with van der Waals surface area (Å²) in [5, 5.41) is 2.63. The maximum Gasteiger partial charge on any atom is 0.414 e. The second-order valence-corrected chi connectivity index (χ2v) is 9.09. The third-order valence-corrected chi connectivity index (χ3v) is 7.29. The molecule has 152 valence electrons. The number of amides is 2. The largest absolute Gasteiger partial charge is 0.442 e. The number of halogens is 1. The first-order chi connectivity index (χ1) is 13.5. The average Bonchev–Trinajstić information content (AvgIpc) is 3.32. The fraction of sp³-hybridized carbons (Fsp3) is 0.579. The number of benzene rings is 1. The molecule has 1 aromatic rings. The van der Waals surface area contributed by atoms with Crippen LogP contribution in [0.2, 0.25) is 0 Å². The van der Waals surface area contributed by atoms with E-state index in [9.17, 15) is 18.2 Å². The van der Waals surface area contributed by atoms with E-state index >= 15 is 0 Å². The number of rotatable bonds is 6. The Balaban J connectivity index is 1.44. The van der Waals surface area contributed by atoms with Crippen LogP contribution in [-0.2, 0) is 20.3 Å². The summed E-state index contributed by atoms with van der Waals surface area (Å²) in [5.74, 6) is 0.0845. The normalized spacial score (nSPS) is 28.7. The zero-order chi connectivity index (χ0) is 19.8. The molecule has 2 amide bonds. The number of fused-ring (bicyclic) bond motifs is 2. The molecule has 0 aliphatic carbocycles. The second-order valence-electron chi connectivity index (χ2n) is 7.45. The lowest BCUT2D eigenvalue weighted by atomic mass is 10.2. The van der Waals surface area contributed by atoms with E-state index in [1.165, 1.54) is 11.0 Å². The van der Waals surface area contributed by atoms with Crippen LogP contribution in [0.5, 0.6) is 0 Å². The van der Waals surface area contributed by atoms with Gasteiger partial charge in [-0.15, -0.1) is 0 Å². The molecule has 2 bridgehead atoms. The number of nitrogens with zero attached hydrogens (tertiary/aromatic N) is 2. The van der Waals surface area contributed by atoms with E-state index in [2.05, 4.69) is 5.32 Å². The highest BCUT2D eigenvalue weighted by Gasteiger charge is 2.45. The number of anilines is 2. The lowest BCUT2D eigenvalue weighted by Gasteiger charge is -2.24. The van der Waals surface area contributed by atoms with Crippen molar-refractivity contribution in [2.24, 2.45) is 0 Å². The molecule has 9 heteroatoms. The molecule has 3 heterocycles. The van der Waals surface area contributed by atoms with Crippen LogP contribution in [0.4, 0.5) is 20.6 Å². The summed E-state index contributed by atoms with van der Waals surface area (Å²) in [7, 11) is -0.935. The average molecular weight is 409 g/mol. The Kier molecular flexibility index (Phi) is 5.27. The molecule has 3 saturated heterocycles. The number of nitrogens with one attached hydrogen (secondary N) is 1. The molecule has 0 spiro atoms. The Morgan fingerprint density at radius 2 is 2.21 bits per heavy atom. The number of cyclic esters (lactones) is 1. The van der Waals surface area contributed by atoms with Crippen LogP contribution in [0.25, 0.3) is 0 Å². The van der Waals surface area contributed by atoms with Crippen LogP contribution >= 0.6 is 0 Å². The van der Waals surface area contributed by atoms with Gasteiger partial charge < -0.3 is 15.0 Å². The van der Waals surface area contributed by atoms with E-state index in [-0.39, 0.29) is 30.4 Å². The van der Waals surface area contributed by atoms with Gasteiger partial charge in [0.25, 0.3) is 0 Å². The molecule has 0 radical (unpaired) electrons. The Morgan fingerprint density at radius 3 is 2.86 bits per heavy atom.